The third kappa shape index (κ3) is 2.44. The van der Waals surface area contributed by atoms with Crippen molar-refractivity contribution in [1.29, 1.82) is 0 Å². The van der Waals surface area contributed by atoms with Crippen LogP contribution in [-0.2, 0) is 16.6 Å². The number of carbonyl (C=O) groups is 1. The minimum atomic E-state index is -4.84. The van der Waals surface area contributed by atoms with Crippen molar-refractivity contribution in [3.63, 3.8) is 0 Å². The molecule has 0 aromatic heterocycles. The largest absolute Gasteiger partial charge is 0.507 e. The van der Waals surface area contributed by atoms with Crippen LogP contribution in [0.2, 0.25) is 0 Å². The van der Waals surface area contributed by atoms with E-state index in [0.29, 0.717) is 17.3 Å². The van der Waals surface area contributed by atoms with Crippen molar-refractivity contribution in [2.75, 3.05) is 6.54 Å². The van der Waals surface area contributed by atoms with E-state index in [1.165, 1.54) is 0 Å². The Labute approximate surface area is 140 Å². The number of rotatable bonds is 0. The maximum Gasteiger partial charge on any atom is 0.471 e. The van der Waals surface area contributed by atoms with E-state index in [1.54, 1.807) is 12.1 Å². The molecule has 7 heteroatoms. The number of phenolic OH excluding ortho intramolecular Hbond substituents is 1. The van der Waals surface area contributed by atoms with Gasteiger partial charge in [0.25, 0.3) is 0 Å². The van der Waals surface area contributed by atoms with Crippen LogP contribution in [0.15, 0.2) is 16.6 Å². The average Bonchev–Trinajstić information content (AvgIpc) is 2.44. The molecule has 1 fully saturated rings. The fourth-order valence-corrected chi connectivity index (χ4v) is 4.44. The zero-order valence-electron chi connectivity index (χ0n) is 12.7. The molecular weight excluding hydrogens is 375 g/mol. The van der Waals surface area contributed by atoms with Crippen LogP contribution in [0.5, 0.6) is 5.75 Å². The lowest BCUT2D eigenvalue weighted by molar-refractivity contribution is -0.192. The van der Waals surface area contributed by atoms with Crippen molar-refractivity contribution in [3.05, 3.63) is 27.7 Å². The topological polar surface area (TPSA) is 40.5 Å². The number of piperidine rings is 1. The Balaban J connectivity index is 2.06. The lowest BCUT2D eigenvalue weighted by Gasteiger charge is -2.54. The highest BCUT2D eigenvalue weighted by Gasteiger charge is 2.54. The molecule has 1 unspecified atom stereocenters. The van der Waals surface area contributed by atoms with E-state index >= 15 is 0 Å². The third-order valence-corrected chi connectivity index (χ3v) is 6.21. The summed E-state index contributed by atoms with van der Waals surface area (Å²) >= 11 is 3.25. The van der Waals surface area contributed by atoms with Crippen LogP contribution in [0, 0.1) is 5.92 Å². The molecule has 1 aliphatic heterocycles. The van der Waals surface area contributed by atoms with Gasteiger partial charge in [0.15, 0.2) is 0 Å². The number of fused-ring (bicyclic) bond motifs is 4. The maximum atomic E-state index is 12.9. The van der Waals surface area contributed by atoms with Gasteiger partial charge in [-0.15, -0.1) is 0 Å². The van der Waals surface area contributed by atoms with Gasteiger partial charge in [0.05, 0.1) is 4.47 Å². The molecule has 2 bridgehead atoms. The average molecular weight is 392 g/mol. The minimum Gasteiger partial charge on any atom is -0.507 e. The first kappa shape index (κ1) is 16.6. The summed E-state index contributed by atoms with van der Waals surface area (Å²) in [7, 11) is 0. The summed E-state index contributed by atoms with van der Waals surface area (Å²) in [4.78, 5) is 12.7. The zero-order valence-corrected chi connectivity index (χ0v) is 14.3. The van der Waals surface area contributed by atoms with Crippen LogP contribution >= 0.6 is 15.9 Å². The van der Waals surface area contributed by atoms with Crippen LogP contribution in [0.3, 0.4) is 0 Å². The number of alkyl halides is 3. The molecule has 0 spiro atoms. The molecule has 1 amide bonds. The molecule has 3 nitrogen and oxygen atoms in total. The van der Waals surface area contributed by atoms with E-state index in [2.05, 4.69) is 15.9 Å². The first-order valence-corrected chi connectivity index (χ1v) is 8.24. The van der Waals surface area contributed by atoms with E-state index in [9.17, 15) is 23.1 Å². The Hall–Kier alpha value is -1.24. The molecule has 126 valence electrons. The maximum absolute atomic E-state index is 12.9. The second-order valence-corrected chi connectivity index (χ2v) is 7.54. The zero-order chi connectivity index (χ0) is 17.2. The summed E-state index contributed by atoms with van der Waals surface area (Å²) in [5.74, 6) is -1.74. The van der Waals surface area contributed by atoms with Crippen LogP contribution in [-0.4, -0.2) is 34.7 Å². The molecule has 1 saturated heterocycles. The van der Waals surface area contributed by atoms with Crippen molar-refractivity contribution >= 4 is 21.8 Å². The molecule has 1 aliphatic carbocycles. The van der Waals surface area contributed by atoms with Gasteiger partial charge in [-0.05, 0) is 63.4 Å². The van der Waals surface area contributed by atoms with Crippen molar-refractivity contribution in [2.45, 2.75) is 44.3 Å². The number of likely N-dealkylation sites (tertiary alicyclic amines) is 1. The molecule has 23 heavy (non-hydrogen) atoms. The highest BCUT2D eigenvalue weighted by molar-refractivity contribution is 9.10. The van der Waals surface area contributed by atoms with Gasteiger partial charge in [-0.3, -0.25) is 4.79 Å². The number of amides is 1. The predicted molar refractivity (Wildman–Crippen MR) is 82.2 cm³/mol. The van der Waals surface area contributed by atoms with E-state index in [-0.39, 0.29) is 23.6 Å². The molecular formula is C16H17BrF3NO2. The van der Waals surface area contributed by atoms with Gasteiger partial charge in [0.1, 0.15) is 5.75 Å². The summed E-state index contributed by atoms with van der Waals surface area (Å²) in [6.45, 7) is 3.98. The number of aromatic hydroxyl groups is 1. The molecule has 0 radical (unpaired) electrons. The van der Waals surface area contributed by atoms with Gasteiger partial charge in [-0.2, -0.15) is 13.2 Å². The number of hydrogen-bond acceptors (Lipinski definition) is 2. The Morgan fingerprint density at radius 1 is 1.43 bits per heavy atom. The van der Waals surface area contributed by atoms with E-state index in [4.69, 9.17) is 0 Å². The molecule has 1 N–H and O–H groups in total. The fraction of sp³-hybridized carbons (Fsp3) is 0.562. The van der Waals surface area contributed by atoms with Gasteiger partial charge in [-0.25, -0.2) is 0 Å². The molecule has 1 heterocycles. The third-order valence-electron chi connectivity index (χ3n) is 5.57. The number of carbonyl (C=O) groups excluding carboxylic acids is 1. The molecule has 3 rings (SSSR count). The van der Waals surface area contributed by atoms with Gasteiger partial charge >= 0.3 is 12.1 Å². The highest BCUT2D eigenvalue weighted by Crippen LogP contribution is 2.50. The number of nitrogens with zero attached hydrogens (tertiary/aromatic N) is 1. The smallest absolute Gasteiger partial charge is 0.471 e. The summed E-state index contributed by atoms with van der Waals surface area (Å²) in [5, 5.41) is 9.96. The first-order valence-electron chi connectivity index (χ1n) is 7.45. The van der Waals surface area contributed by atoms with Crippen LogP contribution in [0.25, 0.3) is 0 Å². The fourth-order valence-electron chi connectivity index (χ4n) is 4.05. The Morgan fingerprint density at radius 3 is 2.70 bits per heavy atom. The number of hydrogen-bond donors (Lipinski definition) is 1. The van der Waals surface area contributed by atoms with Crippen LogP contribution in [0.1, 0.15) is 31.4 Å². The molecule has 3 atom stereocenters. The SMILES string of the molecule is CC1[C@H]2Cc3cc(Br)c(O)cc3[C@]1(C)CCN2C(=O)C(F)(F)F. The van der Waals surface area contributed by atoms with Gasteiger partial charge in [0, 0.05) is 12.6 Å². The highest BCUT2D eigenvalue weighted by atomic mass is 79.9. The second-order valence-electron chi connectivity index (χ2n) is 6.68. The van der Waals surface area contributed by atoms with Crippen molar-refractivity contribution in [3.8, 4) is 5.75 Å². The number of phenols is 1. The monoisotopic (exact) mass is 391 g/mol. The molecule has 0 saturated carbocycles. The van der Waals surface area contributed by atoms with Crippen LogP contribution < -0.4 is 0 Å². The normalized spacial score (nSPS) is 30.1. The predicted octanol–water partition coefficient (Wildman–Crippen LogP) is 3.77. The van der Waals surface area contributed by atoms with Crippen molar-refractivity contribution < 1.29 is 23.1 Å². The first-order chi connectivity index (χ1) is 10.6. The summed E-state index contributed by atoms with van der Waals surface area (Å²) in [5.41, 5.74) is 1.51. The van der Waals surface area contributed by atoms with Gasteiger partial charge < -0.3 is 10.0 Å². The molecule has 1 aromatic carbocycles. The second kappa shape index (κ2) is 5.13. The van der Waals surface area contributed by atoms with Gasteiger partial charge in [0.2, 0.25) is 0 Å². The lowest BCUT2D eigenvalue weighted by atomic mass is 9.59. The number of halogens is 4. The Morgan fingerprint density at radius 2 is 2.09 bits per heavy atom. The van der Waals surface area contributed by atoms with E-state index in [1.807, 2.05) is 13.8 Å². The van der Waals surface area contributed by atoms with Gasteiger partial charge in [-0.1, -0.05) is 13.8 Å². The van der Waals surface area contributed by atoms with E-state index < -0.39 is 18.1 Å². The minimum absolute atomic E-state index is 0.0834. The molecule has 2 aliphatic rings. The van der Waals surface area contributed by atoms with Crippen molar-refractivity contribution in [2.24, 2.45) is 5.92 Å². The standard InChI is InChI=1S/C16H17BrF3NO2/c1-8-12-6-9-5-11(17)13(22)7-10(9)15(8,2)3-4-21(12)14(23)16(18,19)20/h5,7-8,12,22H,3-4,6H2,1-2H3/t8?,12-,15-/m1/s1. The lowest BCUT2D eigenvalue weighted by Crippen LogP contribution is -2.61. The quantitative estimate of drug-likeness (QED) is 0.731. The van der Waals surface area contributed by atoms with Crippen molar-refractivity contribution in [1.82, 2.24) is 4.90 Å². The molecule has 1 aromatic rings. The van der Waals surface area contributed by atoms with Crippen LogP contribution in [0.4, 0.5) is 13.2 Å². The summed E-state index contributed by atoms with van der Waals surface area (Å²) < 4.78 is 39.1. The Kier molecular flexibility index (Phi) is 3.70. The summed E-state index contributed by atoms with van der Waals surface area (Å²) in [6, 6.07) is 2.98. The summed E-state index contributed by atoms with van der Waals surface area (Å²) in [6.07, 6.45) is -4.03. The number of benzene rings is 1. The van der Waals surface area contributed by atoms with E-state index in [0.717, 1.165) is 16.0 Å². The Bertz CT molecular complexity index is 676.